The quantitative estimate of drug-likeness (QED) is 0.811. The van der Waals surface area contributed by atoms with E-state index in [1.54, 1.807) is 6.92 Å². The fourth-order valence-corrected chi connectivity index (χ4v) is 1.73. The maximum Gasteiger partial charge on any atom is 0.254 e. The fraction of sp³-hybridized carbons (Fsp3) is 0.167. The molecule has 0 saturated heterocycles. The van der Waals surface area contributed by atoms with Crippen LogP contribution in [0.1, 0.15) is 21.6 Å². The maximum atomic E-state index is 11.2. The van der Waals surface area contributed by atoms with Crippen molar-refractivity contribution in [2.45, 2.75) is 13.8 Å². The molecule has 88 valence electrons. The van der Waals surface area contributed by atoms with Crippen molar-refractivity contribution in [1.82, 2.24) is 9.78 Å². The first-order chi connectivity index (χ1) is 8.00. The highest BCUT2D eigenvalue weighted by Gasteiger charge is 2.17. The molecule has 5 nitrogen and oxygen atoms in total. The normalized spacial score (nSPS) is 10.5. The van der Waals surface area contributed by atoms with Crippen LogP contribution in [0.15, 0.2) is 24.3 Å². The highest BCUT2D eigenvalue weighted by atomic mass is 16.1. The van der Waals surface area contributed by atoms with Crippen LogP contribution in [0.5, 0.6) is 0 Å². The average Bonchev–Trinajstić information content (AvgIpc) is 2.55. The molecule has 0 fully saturated rings. The van der Waals surface area contributed by atoms with Gasteiger partial charge in [0.15, 0.2) is 0 Å². The minimum atomic E-state index is -0.557. The fourth-order valence-electron chi connectivity index (χ4n) is 1.73. The monoisotopic (exact) mass is 230 g/mol. The summed E-state index contributed by atoms with van der Waals surface area (Å²) >= 11 is 0. The van der Waals surface area contributed by atoms with Gasteiger partial charge in [-0.05, 0) is 26.0 Å². The molecule has 0 radical (unpaired) electrons. The topological polar surface area (TPSA) is 86.9 Å². The number of nitrogens with two attached hydrogens (primary N) is 2. The molecule has 2 aromatic rings. The molecule has 5 heteroatoms. The van der Waals surface area contributed by atoms with E-state index in [1.165, 1.54) is 4.68 Å². The zero-order valence-corrected chi connectivity index (χ0v) is 9.77. The Kier molecular flexibility index (Phi) is 2.59. The molecule has 1 amide bonds. The van der Waals surface area contributed by atoms with Crippen LogP contribution in [-0.4, -0.2) is 15.7 Å². The van der Waals surface area contributed by atoms with Crippen LogP contribution in [0.3, 0.4) is 0 Å². The summed E-state index contributed by atoms with van der Waals surface area (Å²) in [5, 5.41) is 4.22. The Bertz CT molecular complexity index is 569. The number of carbonyl (C=O) groups is 1. The van der Waals surface area contributed by atoms with Crippen LogP contribution >= 0.6 is 0 Å². The van der Waals surface area contributed by atoms with Gasteiger partial charge in [-0.25, -0.2) is 4.68 Å². The van der Waals surface area contributed by atoms with Crippen molar-refractivity contribution >= 4 is 11.7 Å². The summed E-state index contributed by atoms with van der Waals surface area (Å²) in [5.74, 6) is -0.280. The van der Waals surface area contributed by atoms with Crippen LogP contribution in [0, 0.1) is 13.8 Å². The first-order valence-electron chi connectivity index (χ1n) is 5.22. The predicted molar refractivity (Wildman–Crippen MR) is 66.0 cm³/mol. The number of hydrogen-bond donors (Lipinski definition) is 2. The first kappa shape index (κ1) is 11.2. The molecule has 4 N–H and O–H groups in total. The number of hydrogen-bond acceptors (Lipinski definition) is 3. The van der Waals surface area contributed by atoms with Gasteiger partial charge >= 0.3 is 0 Å². The molecule has 0 aliphatic carbocycles. The lowest BCUT2D eigenvalue weighted by Gasteiger charge is -2.04. The molecule has 1 aromatic heterocycles. The van der Waals surface area contributed by atoms with Gasteiger partial charge in [0.25, 0.3) is 5.91 Å². The number of anilines is 1. The van der Waals surface area contributed by atoms with Gasteiger partial charge in [0.2, 0.25) is 0 Å². The maximum absolute atomic E-state index is 11.2. The number of primary amides is 1. The first-order valence-corrected chi connectivity index (χ1v) is 5.22. The Hall–Kier alpha value is -2.30. The van der Waals surface area contributed by atoms with Crippen molar-refractivity contribution in [3.05, 3.63) is 41.1 Å². The molecule has 17 heavy (non-hydrogen) atoms. The van der Waals surface area contributed by atoms with Crippen molar-refractivity contribution in [3.8, 4) is 5.69 Å². The van der Waals surface area contributed by atoms with E-state index >= 15 is 0 Å². The van der Waals surface area contributed by atoms with E-state index < -0.39 is 5.91 Å². The molecule has 0 atom stereocenters. The zero-order chi connectivity index (χ0) is 12.6. The molecule has 0 spiro atoms. The third-order valence-corrected chi connectivity index (χ3v) is 2.62. The summed E-state index contributed by atoms with van der Waals surface area (Å²) in [5.41, 5.74) is 13.9. The molecule has 0 aliphatic rings. The summed E-state index contributed by atoms with van der Waals surface area (Å²) < 4.78 is 1.52. The van der Waals surface area contributed by atoms with E-state index in [0.717, 1.165) is 11.3 Å². The van der Waals surface area contributed by atoms with Gasteiger partial charge in [-0.1, -0.05) is 17.7 Å². The van der Waals surface area contributed by atoms with Gasteiger partial charge < -0.3 is 11.5 Å². The summed E-state index contributed by atoms with van der Waals surface area (Å²) in [7, 11) is 0. The highest BCUT2D eigenvalue weighted by molar-refractivity contribution is 5.98. The lowest BCUT2D eigenvalue weighted by atomic mass is 10.2. The largest absolute Gasteiger partial charge is 0.383 e. The molecule has 0 saturated carbocycles. The number of nitrogen functional groups attached to an aromatic ring is 1. The number of amides is 1. The minimum absolute atomic E-state index is 0.277. The molecule has 0 aliphatic heterocycles. The van der Waals surface area contributed by atoms with Crippen molar-refractivity contribution in [3.63, 3.8) is 0 Å². The SMILES string of the molecule is Cc1ccc(-n2nc(C)c(C(N)=O)c2N)cc1. The molecular weight excluding hydrogens is 216 g/mol. The second-order valence-electron chi connectivity index (χ2n) is 3.96. The van der Waals surface area contributed by atoms with E-state index in [1.807, 2.05) is 31.2 Å². The second-order valence-corrected chi connectivity index (χ2v) is 3.96. The van der Waals surface area contributed by atoms with E-state index in [0.29, 0.717) is 5.69 Å². The van der Waals surface area contributed by atoms with Gasteiger partial charge in [-0.3, -0.25) is 4.79 Å². The van der Waals surface area contributed by atoms with E-state index in [4.69, 9.17) is 11.5 Å². The standard InChI is InChI=1S/C12H14N4O/c1-7-3-5-9(6-4-7)16-11(13)10(12(14)17)8(2)15-16/h3-6H,13H2,1-2H3,(H2,14,17). The molecule has 0 unspecified atom stereocenters. The van der Waals surface area contributed by atoms with Crippen LogP contribution in [0.25, 0.3) is 5.69 Å². The smallest absolute Gasteiger partial charge is 0.254 e. The third-order valence-electron chi connectivity index (χ3n) is 2.62. The molecular formula is C12H14N4O. The Morgan fingerprint density at radius 3 is 2.29 bits per heavy atom. The molecule has 1 aromatic carbocycles. The summed E-state index contributed by atoms with van der Waals surface area (Å²) in [6, 6.07) is 7.69. The van der Waals surface area contributed by atoms with Gasteiger partial charge in [-0.2, -0.15) is 5.10 Å². The van der Waals surface area contributed by atoms with Crippen LogP contribution in [0.2, 0.25) is 0 Å². The average molecular weight is 230 g/mol. The molecule has 0 bridgehead atoms. The Morgan fingerprint density at radius 1 is 1.24 bits per heavy atom. The van der Waals surface area contributed by atoms with E-state index in [9.17, 15) is 4.79 Å². The van der Waals surface area contributed by atoms with Crippen LogP contribution < -0.4 is 11.5 Å². The summed E-state index contributed by atoms with van der Waals surface area (Å²) in [6.45, 7) is 3.71. The zero-order valence-electron chi connectivity index (χ0n) is 9.77. The minimum Gasteiger partial charge on any atom is -0.383 e. The number of nitrogens with zero attached hydrogens (tertiary/aromatic N) is 2. The number of rotatable bonds is 2. The lowest BCUT2D eigenvalue weighted by Crippen LogP contribution is -2.14. The van der Waals surface area contributed by atoms with Gasteiger partial charge in [0.05, 0.1) is 11.4 Å². The van der Waals surface area contributed by atoms with Crippen molar-refractivity contribution in [2.75, 3.05) is 5.73 Å². The predicted octanol–water partition coefficient (Wildman–Crippen LogP) is 1.17. The number of aromatic nitrogens is 2. The van der Waals surface area contributed by atoms with Gasteiger partial charge in [-0.15, -0.1) is 0 Å². The number of benzene rings is 1. The van der Waals surface area contributed by atoms with Gasteiger partial charge in [0, 0.05) is 0 Å². The van der Waals surface area contributed by atoms with Gasteiger partial charge in [0.1, 0.15) is 11.4 Å². The number of aryl methyl sites for hydroxylation is 2. The summed E-state index contributed by atoms with van der Waals surface area (Å²) in [6.07, 6.45) is 0. The Morgan fingerprint density at radius 2 is 1.82 bits per heavy atom. The van der Waals surface area contributed by atoms with Crippen molar-refractivity contribution < 1.29 is 4.79 Å². The van der Waals surface area contributed by atoms with Crippen LogP contribution in [0.4, 0.5) is 5.82 Å². The second kappa shape index (κ2) is 3.93. The Balaban J connectivity index is 2.57. The van der Waals surface area contributed by atoms with E-state index in [-0.39, 0.29) is 11.4 Å². The number of carbonyl (C=O) groups excluding carboxylic acids is 1. The van der Waals surface area contributed by atoms with Crippen molar-refractivity contribution in [2.24, 2.45) is 5.73 Å². The molecule has 1 heterocycles. The highest BCUT2D eigenvalue weighted by Crippen LogP contribution is 2.20. The van der Waals surface area contributed by atoms with Crippen molar-refractivity contribution in [1.29, 1.82) is 0 Å². The lowest BCUT2D eigenvalue weighted by molar-refractivity contribution is 0.100. The van der Waals surface area contributed by atoms with E-state index in [2.05, 4.69) is 5.10 Å². The third kappa shape index (κ3) is 1.87. The Labute approximate surface area is 99.0 Å². The molecule has 2 rings (SSSR count). The van der Waals surface area contributed by atoms with Crippen LogP contribution in [-0.2, 0) is 0 Å². The summed E-state index contributed by atoms with van der Waals surface area (Å²) in [4.78, 5) is 11.2.